The molecule has 16 heavy (non-hydrogen) atoms. The Morgan fingerprint density at radius 2 is 2.12 bits per heavy atom. The Bertz CT molecular complexity index is 656. The Labute approximate surface area is 92.3 Å². The second kappa shape index (κ2) is 3.05. The Kier molecular flexibility index (Phi) is 1.87. The van der Waals surface area contributed by atoms with Crippen LogP contribution in [0.1, 0.15) is 24.7 Å². The normalized spacial score (nSPS) is 16.8. The molecule has 1 aromatic heterocycles. The average molecular weight is 238 g/mol. The van der Waals surface area contributed by atoms with Crippen LogP contribution in [0.3, 0.4) is 0 Å². The third kappa shape index (κ3) is 1.60. The molecule has 2 N–H and O–H groups in total. The zero-order valence-corrected chi connectivity index (χ0v) is 9.20. The lowest BCUT2D eigenvalue weighted by atomic mass is 10.3. The Hall–Kier alpha value is -1.40. The van der Waals surface area contributed by atoms with E-state index >= 15 is 0 Å². The summed E-state index contributed by atoms with van der Waals surface area (Å²) in [5.74, 6) is 1.10. The standard InChI is InChI=1S/C10H10N2O3S/c11-16(13,14)7-3-4-9-8(5-7)12-10(15-9)6-1-2-6/h3-6H,1-2H2,(H2,11,13,14). The molecular weight excluding hydrogens is 228 g/mol. The van der Waals surface area contributed by atoms with Gasteiger partial charge in [-0.05, 0) is 31.0 Å². The minimum atomic E-state index is -3.67. The second-order valence-corrected chi connectivity index (χ2v) is 5.56. The first-order valence-electron chi connectivity index (χ1n) is 4.97. The van der Waals surface area contributed by atoms with E-state index in [2.05, 4.69) is 4.98 Å². The van der Waals surface area contributed by atoms with Gasteiger partial charge in [-0.15, -0.1) is 0 Å². The van der Waals surface area contributed by atoms with Crippen LogP contribution in [0.2, 0.25) is 0 Å². The summed E-state index contributed by atoms with van der Waals surface area (Å²) in [7, 11) is -3.67. The van der Waals surface area contributed by atoms with E-state index in [1.54, 1.807) is 6.07 Å². The molecule has 1 aliphatic rings. The predicted molar refractivity (Wildman–Crippen MR) is 57.4 cm³/mol. The molecule has 0 spiro atoms. The predicted octanol–water partition coefficient (Wildman–Crippen LogP) is 1.35. The monoisotopic (exact) mass is 238 g/mol. The van der Waals surface area contributed by atoms with Crippen LogP contribution in [-0.2, 0) is 10.0 Å². The van der Waals surface area contributed by atoms with E-state index in [4.69, 9.17) is 9.56 Å². The number of rotatable bonds is 2. The summed E-state index contributed by atoms with van der Waals surface area (Å²) in [5, 5.41) is 5.04. The van der Waals surface area contributed by atoms with E-state index in [9.17, 15) is 8.42 Å². The highest BCUT2D eigenvalue weighted by atomic mass is 32.2. The van der Waals surface area contributed by atoms with Gasteiger partial charge in [-0.1, -0.05) is 0 Å². The van der Waals surface area contributed by atoms with Crippen LogP contribution in [0.4, 0.5) is 0 Å². The Morgan fingerprint density at radius 1 is 1.38 bits per heavy atom. The summed E-state index contributed by atoms with van der Waals surface area (Å²) < 4.78 is 27.8. The smallest absolute Gasteiger partial charge is 0.238 e. The van der Waals surface area contributed by atoms with Crippen molar-refractivity contribution in [2.45, 2.75) is 23.7 Å². The molecule has 1 aromatic carbocycles. The van der Waals surface area contributed by atoms with Crippen LogP contribution >= 0.6 is 0 Å². The number of aromatic nitrogens is 1. The summed E-state index contributed by atoms with van der Waals surface area (Å²) in [5.41, 5.74) is 1.16. The van der Waals surface area contributed by atoms with Crippen molar-refractivity contribution in [2.24, 2.45) is 5.14 Å². The van der Waals surface area contributed by atoms with Gasteiger partial charge in [0.05, 0.1) is 4.90 Å². The number of fused-ring (bicyclic) bond motifs is 1. The lowest BCUT2D eigenvalue weighted by Gasteiger charge is -1.95. The molecule has 1 fully saturated rings. The van der Waals surface area contributed by atoms with E-state index in [1.165, 1.54) is 12.1 Å². The average Bonchev–Trinajstić information content (AvgIpc) is 2.96. The summed E-state index contributed by atoms with van der Waals surface area (Å²) >= 11 is 0. The van der Waals surface area contributed by atoms with Crippen LogP contribution in [0.15, 0.2) is 27.5 Å². The number of nitrogens with two attached hydrogens (primary N) is 1. The fourth-order valence-electron chi connectivity index (χ4n) is 1.61. The fraction of sp³-hybridized carbons (Fsp3) is 0.300. The second-order valence-electron chi connectivity index (χ2n) is 4.00. The largest absolute Gasteiger partial charge is 0.440 e. The molecular formula is C10H10N2O3S. The quantitative estimate of drug-likeness (QED) is 0.855. The lowest BCUT2D eigenvalue weighted by molar-refractivity contribution is 0.533. The number of benzene rings is 1. The molecule has 84 valence electrons. The van der Waals surface area contributed by atoms with Gasteiger partial charge in [0.15, 0.2) is 11.5 Å². The topological polar surface area (TPSA) is 86.2 Å². The van der Waals surface area contributed by atoms with Crippen LogP contribution < -0.4 is 5.14 Å². The highest BCUT2D eigenvalue weighted by Crippen LogP contribution is 2.40. The number of nitrogens with zero attached hydrogens (tertiary/aromatic N) is 1. The Balaban J connectivity index is 2.17. The van der Waals surface area contributed by atoms with Gasteiger partial charge in [0.25, 0.3) is 0 Å². The zero-order valence-electron chi connectivity index (χ0n) is 8.38. The highest BCUT2D eigenvalue weighted by Gasteiger charge is 2.29. The Morgan fingerprint density at radius 3 is 2.75 bits per heavy atom. The van der Waals surface area contributed by atoms with Crippen molar-refractivity contribution in [3.8, 4) is 0 Å². The van der Waals surface area contributed by atoms with Gasteiger partial charge < -0.3 is 4.42 Å². The number of sulfonamides is 1. The van der Waals surface area contributed by atoms with Gasteiger partial charge in [-0.3, -0.25) is 0 Å². The molecule has 1 aliphatic carbocycles. The third-order valence-electron chi connectivity index (χ3n) is 2.63. The molecule has 3 rings (SSSR count). The van der Waals surface area contributed by atoms with Gasteiger partial charge in [-0.2, -0.15) is 0 Å². The minimum absolute atomic E-state index is 0.0654. The molecule has 0 unspecified atom stereocenters. The van der Waals surface area contributed by atoms with Crippen molar-refractivity contribution < 1.29 is 12.8 Å². The first kappa shape index (κ1) is 9.80. The van der Waals surface area contributed by atoms with Gasteiger partial charge in [-0.25, -0.2) is 18.5 Å². The first-order valence-corrected chi connectivity index (χ1v) is 6.52. The molecule has 0 bridgehead atoms. The third-order valence-corrected chi connectivity index (χ3v) is 3.54. The summed E-state index contributed by atoms with van der Waals surface area (Å²) in [4.78, 5) is 4.33. The van der Waals surface area contributed by atoms with Crippen LogP contribution in [0.5, 0.6) is 0 Å². The summed E-state index contributed by atoms with van der Waals surface area (Å²) in [6.07, 6.45) is 2.18. The molecule has 0 amide bonds. The molecule has 6 heteroatoms. The number of hydrogen-bond donors (Lipinski definition) is 1. The van der Waals surface area contributed by atoms with Gasteiger partial charge in [0, 0.05) is 5.92 Å². The van der Waals surface area contributed by atoms with Crippen molar-refractivity contribution in [3.63, 3.8) is 0 Å². The van der Waals surface area contributed by atoms with E-state index in [0.717, 1.165) is 12.8 Å². The lowest BCUT2D eigenvalue weighted by Crippen LogP contribution is -2.11. The number of hydrogen-bond acceptors (Lipinski definition) is 4. The van der Waals surface area contributed by atoms with Crippen LogP contribution in [0.25, 0.3) is 11.1 Å². The van der Waals surface area contributed by atoms with E-state index in [-0.39, 0.29) is 4.90 Å². The molecule has 0 atom stereocenters. The first-order chi connectivity index (χ1) is 7.54. The van der Waals surface area contributed by atoms with Crippen molar-refractivity contribution in [1.29, 1.82) is 0 Å². The minimum Gasteiger partial charge on any atom is -0.440 e. The maximum Gasteiger partial charge on any atom is 0.238 e. The molecule has 0 saturated heterocycles. The van der Waals surface area contributed by atoms with Crippen molar-refractivity contribution in [3.05, 3.63) is 24.1 Å². The van der Waals surface area contributed by atoms with Crippen LogP contribution in [0, 0.1) is 0 Å². The zero-order chi connectivity index (χ0) is 11.3. The summed E-state index contributed by atoms with van der Waals surface area (Å²) in [6.45, 7) is 0. The summed E-state index contributed by atoms with van der Waals surface area (Å²) in [6, 6.07) is 4.47. The van der Waals surface area contributed by atoms with Gasteiger partial charge >= 0.3 is 0 Å². The maximum absolute atomic E-state index is 11.1. The highest BCUT2D eigenvalue weighted by molar-refractivity contribution is 7.89. The fourth-order valence-corrected chi connectivity index (χ4v) is 2.14. The molecule has 1 heterocycles. The van der Waals surface area contributed by atoms with Crippen molar-refractivity contribution >= 4 is 21.1 Å². The molecule has 0 radical (unpaired) electrons. The number of oxazole rings is 1. The van der Waals surface area contributed by atoms with Crippen molar-refractivity contribution in [2.75, 3.05) is 0 Å². The van der Waals surface area contributed by atoms with Crippen molar-refractivity contribution in [1.82, 2.24) is 4.98 Å². The van der Waals surface area contributed by atoms with Crippen LogP contribution in [-0.4, -0.2) is 13.4 Å². The van der Waals surface area contributed by atoms with Gasteiger partial charge in [0.1, 0.15) is 5.52 Å². The van der Waals surface area contributed by atoms with E-state index < -0.39 is 10.0 Å². The molecule has 2 aromatic rings. The van der Waals surface area contributed by atoms with E-state index in [0.29, 0.717) is 22.9 Å². The molecule has 1 saturated carbocycles. The van der Waals surface area contributed by atoms with E-state index in [1.807, 2.05) is 0 Å². The van der Waals surface area contributed by atoms with Gasteiger partial charge in [0.2, 0.25) is 10.0 Å². The molecule has 0 aliphatic heterocycles. The maximum atomic E-state index is 11.1. The number of primary sulfonamides is 1. The SMILES string of the molecule is NS(=O)(=O)c1ccc2oc(C3CC3)nc2c1. The molecule has 5 nitrogen and oxygen atoms in total.